The molecule has 6 nitrogen and oxygen atoms in total. The van der Waals surface area contributed by atoms with Crippen LogP contribution in [0.4, 0.5) is 5.69 Å². The van der Waals surface area contributed by atoms with E-state index < -0.39 is 4.92 Å². The third kappa shape index (κ3) is 4.80. The second-order valence-corrected chi connectivity index (χ2v) is 6.70. The average Bonchev–Trinajstić information content (AvgIpc) is 2.62. The van der Waals surface area contributed by atoms with Gasteiger partial charge in [-0.2, -0.15) is 4.98 Å². The lowest BCUT2D eigenvalue weighted by atomic mass is 10.2. The smallest absolute Gasteiger partial charge is 0.269 e. The molecule has 7 heteroatoms. The summed E-state index contributed by atoms with van der Waals surface area (Å²) in [6.45, 7) is 3.89. The Morgan fingerprint density at radius 1 is 1.08 bits per heavy atom. The predicted molar refractivity (Wildman–Crippen MR) is 101 cm³/mol. The van der Waals surface area contributed by atoms with E-state index in [1.54, 1.807) is 18.2 Å². The van der Waals surface area contributed by atoms with Crippen molar-refractivity contribution in [2.75, 3.05) is 0 Å². The van der Waals surface area contributed by atoms with Gasteiger partial charge in [0.15, 0.2) is 5.16 Å². The van der Waals surface area contributed by atoms with Crippen LogP contribution in [0.15, 0.2) is 59.8 Å². The van der Waals surface area contributed by atoms with Crippen LogP contribution in [0.2, 0.25) is 0 Å². The fourth-order valence-corrected chi connectivity index (χ4v) is 3.10. The van der Waals surface area contributed by atoms with E-state index in [4.69, 9.17) is 4.74 Å². The van der Waals surface area contributed by atoms with Gasteiger partial charge in [-0.25, -0.2) is 4.98 Å². The summed E-state index contributed by atoms with van der Waals surface area (Å²) >= 11 is 1.41. The second kappa shape index (κ2) is 7.97. The number of ether oxygens (including phenoxy) is 1. The Balaban J connectivity index is 1.72. The van der Waals surface area contributed by atoms with Crippen LogP contribution in [0.25, 0.3) is 0 Å². The monoisotopic (exact) mass is 367 g/mol. The zero-order valence-corrected chi connectivity index (χ0v) is 15.2. The number of nitro benzene ring substituents is 1. The summed E-state index contributed by atoms with van der Waals surface area (Å²) in [5.74, 6) is 1.72. The van der Waals surface area contributed by atoms with E-state index in [2.05, 4.69) is 9.97 Å². The first kappa shape index (κ1) is 17.9. The summed E-state index contributed by atoms with van der Waals surface area (Å²) in [6, 6.07) is 16.1. The summed E-state index contributed by atoms with van der Waals surface area (Å²) < 4.78 is 5.80. The molecule has 132 valence electrons. The van der Waals surface area contributed by atoms with Crippen molar-refractivity contribution in [1.82, 2.24) is 9.97 Å². The highest BCUT2D eigenvalue weighted by Crippen LogP contribution is 2.26. The molecule has 0 radical (unpaired) electrons. The minimum Gasteiger partial charge on any atom is -0.439 e. The van der Waals surface area contributed by atoms with Gasteiger partial charge >= 0.3 is 0 Å². The molecular weight excluding hydrogens is 350 g/mol. The summed E-state index contributed by atoms with van der Waals surface area (Å²) in [6.07, 6.45) is 0. The summed E-state index contributed by atoms with van der Waals surface area (Å²) in [5, 5.41) is 11.4. The van der Waals surface area contributed by atoms with Crippen LogP contribution in [0.1, 0.15) is 16.8 Å². The SMILES string of the molecule is Cc1ccc(Oc2cc(C)nc(SCc3cccc([N+](=O)[O-])c3)n2)cc1. The number of non-ortho nitro benzene ring substituents is 1. The van der Waals surface area contributed by atoms with Crippen LogP contribution in [-0.2, 0) is 5.75 Å². The maximum atomic E-state index is 10.9. The molecule has 0 unspecified atom stereocenters. The number of nitrogens with zero attached hydrogens (tertiary/aromatic N) is 3. The van der Waals surface area contributed by atoms with E-state index in [-0.39, 0.29) is 5.69 Å². The molecule has 0 amide bonds. The van der Waals surface area contributed by atoms with Crippen molar-refractivity contribution in [3.8, 4) is 11.6 Å². The molecule has 3 rings (SSSR count). The highest BCUT2D eigenvalue weighted by molar-refractivity contribution is 7.98. The average molecular weight is 367 g/mol. The van der Waals surface area contributed by atoms with Crippen LogP contribution >= 0.6 is 11.8 Å². The van der Waals surface area contributed by atoms with E-state index in [0.717, 1.165) is 16.8 Å². The molecule has 1 aromatic heterocycles. The number of benzene rings is 2. The second-order valence-electron chi connectivity index (χ2n) is 5.76. The van der Waals surface area contributed by atoms with Crippen molar-refractivity contribution in [1.29, 1.82) is 0 Å². The molecule has 0 aliphatic heterocycles. The van der Waals surface area contributed by atoms with E-state index in [1.807, 2.05) is 44.2 Å². The normalized spacial score (nSPS) is 10.5. The number of rotatable bonds is 6. The van der Waals surface area contributed by atoms with Crippen molar-refractivity contribution in [2.24, 2.45) is 0 Å². The quantitative estimate of drug-likeness (QED) is 0.261. The van der Waals surface area contributed by atoms with Gasteiger partial charge in [-0.05, 0) is 31.5 Å². The number of hydrogen-bond acceptors (Lipinski definition) is 6. The number of aryl methyl sites for hydroxylation is 2. The Bertz CT molecular complexity index is 930. The van der Waals surface area contributed by atoms with Crippen molar-refractivity contribution in [3.05, 3.63) is 81.5 Å². The number of thioether (sulfide) groups is 1. The maximum Gasteiger partial charge on any atom is 0.269 e. The molecule has 0 saturated carbocycles. The number of hydrogen-bond donors (Lipinski definition) is 0. The zero-order chi connectivity index (χ0) is 18.5. The van der Waals surface area contributed by atoms with Gasteiger partial charge < -0.3 is 4.74 Å². The van der Waals surface area contributed by atoms with Crippen molar-refractivity contribution >= 4 is 17.4 Å². The van der Waals surface area contributed by atoms with Crippen molar-refractivity contribution in [3.63, 3.8) is 0 Å². The highest BCUT2D eigenvalue weighted by Gasteiger charge is 2.09. The van der Waals surface area contributed by atoms with E-state index in [1.165, 1.54) is 17.8 Å². The van der Waals surface area contributed by atoms with Crippen LogP contribution in [-0.4, -0.2) is 14.9 Å². The third-order valence-electron chi connectivity index (χ3n) is 3.54. The molecule has 0 saturated heterocycles. The molecule has 0 bridgehead atoms. The lowest BCUT2D eigenvalue weighted by Crippen LogP contribution is -1.95. The summed E-state index contributed by atoms with van der Waals surface area (Å²) in [4.78, 5) is 19.3. The zero-order valence-electron chi connectivity index (χ0n) is 14.4. The van der Waals surface area contributed by atoms with Gasteiger partial charge in [0.1, 0.15) is 5.75 Å². The summed E-state index contributed by atoms with van der Waals surface area (Å²) in [7, 11) is 0. The van der Waals surface area contributed by atoms with Gasteiger partial charge in [0.05, 0.1) is 4.92 Å². The molecule has 3 aromatic rings. The molecule has 26 heavy (non-hydrogen) atoms. The minimum atomic E-state index is -0.398. The Kier molecular flexibility index (Phi) is 5.48. The predicted octanol–water partition coefficient (Wildman–Crippen LogP) is 5.09. The first-order valence-corrected chi connectivity index (χ1v) is 8.94. The first-order chi connectivity index (χ1) is 12.5. The van der Waals surface area contributed by atoms with Gasteiger partial charge in [-0.1, -0.05) is 41.6 Å². The van der Waals surface area contributed by atoms with Crippen LogP contribution < -0.4 is 4.74 Å². The van der Waals surface area contributed by atoms with E-state index >= 15 is 0 Å². The lowest BCUT2D eigenvalue weighted by molar-refractivity contribution is -0.384. The highest BCUT2D eigenvalue weighted by atomic mass is 32.2. The fourth-order valence-electron chi connectivity index (χ4n) is 2.26. The van der Waals surface area contributed by atoms with E-state index in [9.17, 15) is 10.1 Å². The first-order valence-electron chi connectivity index (χ1n) is 7.96. The van der Waals surface area contributed by atoms with E-state index in [0.29, 0.717) is 22.5 Å². The lowest BCUT2D eigenvalue weighted by Gasteiger charge is -2.08. The standard InChI is InChI=1S/C19H17N3O3S/c1-13-6-8-17(9-7-13)25-18-10-14(2)20-19(21-18)26-12-15-4-3-5-16(11-15)22(23)24/h3-11H,12H2,1-2H3. The maximum absolute atomic E-state index is 10.9. The molecule has 0 fully saturated rings. The fraction of sp³-hybridized carbons (Fsp3) is 0.158. The Labute approximate surface area is 155 Å². The Hall–Kier alpha value is -2.93. The molecule has 0 N–H and O–H groups in total. The minimum absolute atomic E-state index is 0.0802. The van der Waals surface area contributed by atoms with Gasteiger partial charge in [0.2, 0.25) is 5.88 Å². The van der Waals surface area contributed by atoms with Gasteiger partial charge in [-0.3, -0.25) is 10.1 Å². The Morgan fingerprint density at radius 3 is 2.58 bits per heavy atom. The van der Waals surface area contributed by atoms with Crippen LogP contribution in [0, 0.1) is 24.0 Å². The largest absolute Gasteiger partial charge is 0.439 e. The Morgan fingerprint density at radius 2 is 1.85 bits per heavy atom. The van der Waals surface area contributed by atoms with Crippen molar-refractivity contribution < 1.29 is 9.66 Å². The molecule has 1 heterocycles. The molecule has 0 aliphatic carbocycles. The number of nitro groups is 1. The molecular formula is C19H17N3O3S. The van der Waals surface area contributed by atoms with Gasteiger partial charge in [0, 0.05) is 29.6 Å². The molecule has 0 spiro atoms. The molecule has 0 atom stereocenters. The van der Waals surface area contributed by atoms with Crippen LogP contribution in [0.5, 0.6) is 11.6 Å². The van der Waals surface area contributed by atoms with Gasteiger partial charge in [0.25, 0.3) is 5.69 Å². The topological polar surface area (TPSA) is 78.2 Å². The molecule has 2 aromatic carbocycles. The van der Waals surface area contributed by atoms with Crippen LogP contribution in [0.3, 0.4) is 0 Å². The van der Waals surface area contributed by atoms with Crippen molar-refractivity contribution in [2.45, 2.75) is 24.8 Å². The molecule has 0 aliphatic rings. The van der Waals surface area contributed by atoms with Gasteiger partial charge in [-0.15, -0.1) is 0 Å². The third-order valence-corrected chi connectivity index (χ3v) is 4.46. The number of aromatic nitrogens is 2. The summed E-state index contributed by atoms with van der Waals surface area (Å²) in [5.41, 5.74) is 2.88.